The van der Waals surface area contributed by atoms with Crippen molar-refractivity contribution >= 4 is 11.6 Å². The van der Waals surface area contributed by atoms with Gasteiger partial charge < -0.3 is 10.2 Å². The maximum absolute atomic E-state index is 10.5. The minimum absolute atomic E-state index is 0.227. The van der Waals surface area contributed by atoms with Gasteiger partial charge in [-0.3, -0.25) is 0 Å². The maximum Gasteiger partial charge on any atom is 0.115 e. The topological polar surface area (TPSA) is 40.5 Å². The first kappa shape index (κ1) is 12.9. The third-order valence-electron chi connectivity index (χ3n) is 2.95. The van der Waals surface area contributed by atoms with E-state index in [-0.39, 0.29) is 5.75 Å². The molecule has 0 aliphatic carbocycles. The average molecular weight is 263 g/mol. The molecule has 94 valence electrons. The van der Waals surface area contributed by atoms with Crippen molar-refractivity contribution in [1.29, 1.82) is 0 Å². The normalized spacial score (nSPS) is 14.2. The van der Waals surface area contributed by atoms with Crippen LogP contribution in [0.25, 0.3) is 0 Å². The Bertz CT molecular complexity index is 515. The van der Waals surface area contributed by atoms with Gasteiger partial charge in [0.05, 0.1) is 5.60 Å². The Kier molecular flexibility index (Phi) is 3.60. The molecule has 1 unspecified atom stereocenters. The van der Waals surface area contributed by atoms with Crippen LogP contribution in [-0.4, -0.2) is 10.2 Å². The number of rotatable bonds is 3. The molecular weight excluding hydrogens is 248 g/mol. The number of hydrogen-bond donors (Lipinski definition) is 2. The molecule has 0 radical (unpaired) electrons. The molecule has 0 aliphatic heterocycles. The third-order valence-corrected chi connectivity index (χ3v) is 3.20. The van der Waals surface area contributed by atoms with Crippen LogP contribution in [0.2, 0.25) is 5.02 Å². The summed E-state index contributed by atoms with van der Waals surface area (Å²) in [6, 6.07) is 14.0. The van der Waals surface area contributed by atoms with Gasteiger partial charge in [-0.25, -0.2) is 0 Å². The molecule has 1 atom stereocenters. The Morgan fingerprint density at radius 3 is 2.11 bits per heavy atom. The molecule has 0 aliphatic rings. The van der Waals surface area contributed by atoms with E-state index in [0.717, 1.165) is 11.1 Å². The zero-order valence-electron chi connectivity index (χ0n) is 10.1. The van der Waals surface area contributed by atoms with Gasteiger partial charge in [0.2, 0.25) is 0 Å². The van der Waals surface area contributed by atoms with Crippen molar-refractivity contribution in [2.24, 2.45) is 0 Å². The van der Waals surface area contributed by atoms with E-state index in [1.165, 1.54) is 0 Å². The molecule has 18 heavy (non-hydrogen) atoms. The Morgan fingerprint density at radius 1 is 1.00 bits per heavy atom. The number of phenols is 1. The number of aliphatic hydroxyl groups is 1. The summed E-state index contributed by atoms with van der Waals surface area (Å²) in [6.07, 6.45) is 0.481. The summed E-state index contributed by atoms with van der Waals surface area (Å²) >= 11 is 5.83. The molecule has 0 fully saturated rings. The first-order valence-electron chi connectivity index (χ1n) is 5.74. The average Bonchev–Trinajstić information content (AvgIpc) is 2.32. The standard InChI is InChI=1S/C15H15ClO2/c1-15(18,12-4-6-13(16)7-5-12)10-11-2-8-14(17)9-3-11/h2-9,17-18H,10H2,1H3. The van der Waals surface area contributed by atoms with Crippen LogP contribution < -0.4 is 0 Å². The molecule has 2 N–H and O–H groups in total. The van der Waals surface area contributed by atoms with E-state index >= 15 is 0 Å². The van der Waals surface area contributed by atoms with Crippen molar-refractivity contribution in [3.05, 3.63) is 64.7 Å². The predicted octanol–water partition coefficient (Wildman–Crippen LogP) is 3.50. The highest BCUT2D eigenvalue weighted by Gasteiger charge is 2.23. The van der Waals surface area contributed by atoms with Crippen LogP contribution in [0.5, 0.6) is 5.75 Å². The number of phenolic OH excluding ortho intramolecular Hbond substituents is 1. The second kappa shape index (κ2) is 5.01. The molecule has 3 heteroatoms. The molecule has 0 aromatic heterocycles. The predicted molar refractivity (Wildman–Crippen MR) is 72.8 cm³/mol. The Balaban J connectivity index is 2.20. The van der Waals surface area contributed by atoms with E-state index in [0.29, 0.717) is 11.4 Å². The van der Waals surface area contributed by atoms with Crippen LogP contribution in [0.15, 0.2) is 48.5 Å². The third kappa shape index (κ3) is 3.03. The van der Waals surface area contributed by atoms with Crippen LogP contribution in [0, 0.1) is 0 Å². The van der Waals surface area contributed by atoms with Crippen molar-refractivity contribution in [2.75, 3.05) is 0 Å². The number of hydrogen-bond acceptors (Lipinski definition) is 2. The molecule has 2 aromatic carbocycles. The molecule has 0 amide bonds. The van der Waals surface area contributed by atoms with Crippen LogP contribution in [-0.2, 0) is 12.0 Å². The highest BCUT2D eigenvalue weighted by molar-refractivity contribution is 6.30. The zero-order chi connectivity index (χ0) is 13.2. The smallest absolute Gasteiger partial charge is 0.115 e. The Labute approximate surface area is 111 Å². The summed E-state index contributed by atoms with van der Waals surface area (Å²) in [4.78, 5) is 0. The fourth-order valence-electron chi connectivity index (χ4n) is 1.92. The molecule has 0 heterocycles. The summed E-state index contributed by atoms with van der Waals surface area (Å²) in [5, 5.41) is 20.4. The van der Waals surface area contributed by atoms with Crippen LogP contribution in [0.3, 0.4) is 0 Å². The first-order chi connectivity index (χ1) is 8.47. The van der Waals surface area contributed by atoms with Gasteiger partial charge in [0.15, 0.2) is 0 Å². The molecule has 2 rings (SSSR count). The van der Waals surface area contributed by atoms with Gasteiger partial charge in [0, 0.05) is 11.4 Å². The van der Waals surface area contributed by atoms with E-state index in [2.05, 4.69) is 0 Å². The fourth-order valence-corrected chi connectivity index (χ4v) is 2.05. The van der Waals surface area contributed by atoms with E-state index in [9.17, 15) is 10.2 Å². The largest absolute Gasteiger partial charge is 0.508 e. The summed E-state index contributed by atoms with van der Waals surface area (Å²) in [5.74, 6) is 0.227. The van der Waals surface area contributed by atoms with E-state index in [4.69, 9.17) is 11.6 Å². The molecule has 0 bridgehead atoms. The van der Waals surface area contributed by atoms with Gasteiger partial charge >= 0.3 is 0 Å². The van der Waals surface area contributed by atoms with E-state index in [1.54, 1.807) is 43.3 Å². The van der Waals surface area contributed by atoms with Gasteiger partial charge in [-0.15, -0.1) is 0 Å². The Hall–Kier alpha value is -1.51. The quantitative estimate of drug-likeness (QED) is 0.889. The summed E-state index contributed by atoms with van der Waals surface area (Å²) in [6.45, 7) is 1.77. The lowest BCUT2D eigenvalue weighted by molar-refractivity contribution is 0.0576. The second-order valence-corrected chi connectivity index (χ2v) is 5.06. The van der Waals surface area contributed by atoms with Crippen LogP contribution in [0.4, 0.5) is 0 Å². The van der Waals surface area contributed by atoms with Crippen molar-refractivity contribution in [1.82, 2.24) is 0 Å². The van der Waals surface area contributed by atoms with Crippen molar-refractivity contribution in [2.45, 2.75) is 18.9 Å². The molecule has 2 aromatic rings. The van der Waals surface area contributed by atoms with Gasteiger partial charge in [-0.2, -0.15) is 0 Å². The molecule has 0 saturated carbocycles. The van der Waals surface area contributed by atoms with Gasteiger partial charge in [-0.05, 0) is 42.3 Å². The summed E-state index contributed by atoms with van der Waals surface area (Å²) in [5.41, 5.74) is 0.828. The van der Waals surface area contributed by atoms with Crippen molar-refractivity contribution in [3.8, 4) is 5.75 Å². The monoisotopic (exact) mass is 262 g/mol. The van der Waals surface area contributed by atoms with E-state index < -0.39 is 5.60 Å². The highest BCUT2D eigenvalue weighted by Crippen LogP contribution is 2.27. The number of aromatic hydroxyl groups is 1. The SMILES string of the molecule is CC(O)(Cc1ccc(O)cc1)c1ccc(Cl)cc1. The van der Waals surface area contributed by atoms with Gasteiger partial charge in [0.25, 0.3) is 0 Å². The lowest BCUT2D eigenvalue weighted by Crippen LogP contribution is -2.24. The van der Waals surface area contributed by atoms with Crippen LogP contribution >= 0.6 is 11.6 Å². The van der Waals surface area contributed by atoms with Crippen molar-refractivity contribution < 1.29 is 10.2 Å². The highest BCUT2D eigenvalue weighted by atomic mass is 35.5. The lowest BCUT2D eigenvalue weighted by Gasteiger charge is -2.24. The molecular formula is C15H15ClO2. The number of benzene rings is 2. The zero-order valence-corrected chi connectivity index (χ0v) is 10.9. The van der Waals surface area contributed by atoms with Gasteiger partial charge in [0.1, 0.15) is 5.75 Å². The molecule has 0 spiro atoms. The fraction of sp³-hybridized carbons (Fsp3) is 0.200. The molecule has 0 saturated heterocycles. The maximum atomic E-state index is 10.5. The van der Waals surface area contributed by atoms with E-state index in [1.807, 2.05) is 12.1 Å². The second-order valence-electron chi connectivity index (χ2n) is 4.62. The van der Waals surface area contributed by atoms with Crippen LogP contribution in [0.1, 0.15) is 18.1 Å². The van der Waals surface area contributed by atoms with Crippen molar-refractivity contribution in [3.63, 3.8) is 0 Å². The summed E-state index contributed by atoms with van der Waals surface area (Å²) < 4.78 is 0. The first-order valence-corrected chi connectivity index (χ1v) is 6.11. The summed E-state index contributed by atoms with van der Waals surface area (Å²) in [7, 11) is 0. The lowest BCUT2D eigenvalue weighted by atomic mass is 9.89. The number of halogens is 1. The minimum Gasteiger partial charge on any atom is -0.508 e. The van der Waals surface area contributed by atoms with Gasteiger partial charge in [-0.1, -0.05) is 35.9 Å². The molecule has 2 nitrogen and oxygen atoms in total. The Morgan fingerprint density at radius 2 is 1.56 bits per heavy atom. The minimum atomic E-state index is -0.957.